The topological polar surface area (TPSA) is 42.8 Å². The van der Waals surface area contributed by atoms with E-state index in [9.17, 15) is 18.0 Å². The minimum Gasteiger partial charge on any atom is -0.496 e. The van der Waals surface area contributed by atoms with Crippen LogP contribution in [0.3, 0.4) is 0 Å². The molecule has 0 aliphatic rings. The summed E-state index contributed by atoms with van der Waals surface area (Å²) >= 11 is 6.00. The van der Waals surface area contributed by atoms with Gasteiger partial charge in [-0.3, -0.25) is 4.79 Å². The fourth-order valence-corrected chi connectivity index (χ4v) is 2.62. The maximum atomic E-state index is 13.7. The number of nitrogens with one attached hydrogen (secondary N) is 2. The van der Waals surface area contributed by atoms with E-state index < -0.39 is 35.1 Å². The van der Waals surface area contributed by atoms with Crippen LogP contribution in [0.4, 0.5) is 18.9 Å². The second-order valence-electron chi connectivity index (χ2n) is 5.91. The molecule has 1 amide bonds. The Hall–Kier alpha value is -2.25. The van der Waals surface area contributed by atoms with Crippen molar-refractivity contribution in [3.05, 3.63) is 58.4 Å². The second kappa shape index (κ2) is 8.42. The maximum Gasteiger partial charge on any atom is 0.282 e. The van der Waals surface area contributed by atoms with Crippen LogP contribution in [-0.4, -0.2) is 26.1 Å². The van der Waals surface area contributed by atoms with E-state index >= 15 is 0 Å². The Bertz CT molecular complexity index is 817. The van der Waals surface area contributed by atoms with Gasteiger partial charge in [-0.25, -0.2) is 13.2 Å². The predicted octanol–water partition coefficient (Wildman–Crippen LogP) is 2.81. The Balaban J connectivity index is 2.11. The largest absolute Gasteiger partial charge is 0.496 e. The van der Waals surface area contributed by atoms with Gasteiger partial charge < -0.3 is 15.0 Å². The third-order valence-electron chi connectivity index (χ3n) is 4.14. The molecule has 1 unspecified atom stereocenters. The Kier molecular flexibility index (Phi) is 6.50. The molecule has 26 heavy (non-hydrogen) atoms. The lowest BCUT2D eigenvalue weighted by Crippen LogP contribution is -3.12. The zero-order valence-electron chi connectivity index (χ0n) is 14.5. The molecule has 2 atom stereocenters. The van der Waals surface area contributed by atoms with Crippen LogP contribution in [0.15, 0.2) is 30.3 Å². The monoisotopic (exact) mass is 387 g/mol. The average molecular weight is 388 g/mol. The molecule has 0 saturated carbocycles. The number of carbonyl (C=O) groups is 1. The molecule has 140 valence electrons. The van der Waals surface area contributed by atoms with Gasteiger partial charge in [-0.05, 0) is 37.3 Å². The molecular weight excluding hydrogens is 369 g/mol. The Labute approximate surface area is 154 Å². The zero-order valence-corrected chi connectivity index (χ0v) is 15.3. The zero-order chi connectivity index (χ0) is 19.4. The quantitative estimate of drug-likeness (QED) is 0.748. The van der Waals surface area contributed by atoms with Crippen molar-refractivity contribution in [2.45, 2.75) is 19.5 Å². The Morgan fingerprint density at radius 1 is 1.23 bits per heavy atom. The fraction of sp³-hybridized carbons (Fsp3) is 0.278. The van der Waals surface area contributed by atoms with Crippen molar-refractivity contribution in [2.75, 3.05) is 19.5 Å². The molecule has 0 aliphatic carbocycles. The molecule has 0 fully saturated rings. The van der Waals surface area contributed by atoms with E-state index in [1.54, 1.807) is 32.2 Å². The van der Waals surface area contributed by atoms with Gasteiger partial charge in [-0.1, -0.05) is 11.6 Å². The van der Waals surface area contributed by atoms with E-state index in [0.717, 1.165) is 22.6 Å². The Morgan fingerprint density at radius 3 is 2.58 bits per heavy atom. The van der Waals surface area contributed by atoms with Crippen LogP contribution >= 0.6 is 11.6 Å². The van der Waals surface area contributed by atoms with E-state index in [-0.39, 0.29) is 0 Å². The van der Waals surface area contributed by atoms with E-state index in [1.807, 2.05) is 0 Å². The first kappa shape index (κ1) is 20.1. The summed E-state index contributed by atoms with van der Waals surface area (Å²) in [6.45, 7) is 2.05. The van der Waals surface area contributed by atoms with Crippen molar-refractivity contribution < 1.29 is 27.6 Å². The molecule has 2 aromatic rings. The molecule has 0 spiro atoms. The number of rotatable bonds is 6. The molecule has 0 heterocycles. The summed E-state index contributed by atoms with van der Waals surface area (Å²) in [6.07, 6.45) is 0. The summed E-state index contributed by atoms with van der Waals surface area (Å²) < 4.78 is 45.2. The summed E-state index contributed by atoms with van der Waals surface area (Å²) in [4.78, 5) is 13.1. The molecule has 2 rings (SSSR count). The van der Waals surface area contributed by atoms with Gasteiger partial charge in [0.2, 0.25) is 0 Å². The molecule has 0 bridgehead atoms. The highest BCUT2D eigenvalue weighted by molar-refractivity contribution is 6.30. The highest BCUT2D eigenvalue weighted by Crippen LogP contribution is 2.22. The number of methoxy groups -OCH3 is 1. The van der Waals surface area contributed by atoms with Crippen LogP contribution in [0.2, 0.25) is 5.02 Å². The number of ether oxygens (including phenoxy) is 1. The minimum absolute atomic E-state index is 0.408. The van der Waals surface area contributed by atoms with Crippen LogP contribution in [-0.2, 0) is 11.3 Å². The number of halogens is 4. The van der Waals surface area contributed by atoms with Gasteiger partial charge in [0, 0.05) is 10.6 Å². The van der Waals surface area contributed by atoms with Crippen molar-refractivity contribution in [3.8, 4) is 5.75 Å². The molecule has 0 aromatic heterocycles. The van der Waals surface area contributed by atoms with E-state index in [4.69, 9.17) is 16.3 Å². The highest BCUT2D eigenvalue weighted by atomic mass is 35.5. The van der Waals surface area contributed by atoms with Crippen LogP contribution in [0.25, 0.3) is 0 Å². The number of likely N-dealkylation sites (N-methyl/N-ethyl adjacent to an activating group) is 1. The summed E-state index contributed by atoms with van der Waals surface area (Å²) in [5, 5.41) is 2.82. The van der Waals surface area contributed by atoms with Crippen molar-refractivity contribution in [3.63, 3.8) is 0 Å². The lowest BCUT2D eigenvalue weighted by atomic mass is 10.1. The molecule has 0 radical (unpaired) electrons. The normalized spacial score (nSPS) is 13.2. The van der Waals surface area contributed by atoms with Crippen molar-refractivity contribution in [1.29, 1.82) is 0 Å². The lowest BCUT2D eigenvalue weighted by molar-refractivity contribution is -0.907. The minimum atomic E-state index is -1.63. The van der Waals surface area contributed by atoms with Crippen LogP contribution in [0, 0.1) is 17.5 Å². The third-order valence-corrected chi connectivity index (χ3v) is 4.37. The van der Waals surface area contributed by atoms with E-state index in [0.29, 0.717) is 17.3 Å². The van der Waals surface area contributed by atoms with Gasteiger partial charge in [0.05, 0.1) is 19.8 Å². The van der Waals surface area contributed by atoms with Crippen LogP contribution in [0.1, 0.15) is 12.5 Å². The predicted molar refractivity (Wildman–Crippen MR) is 93.0 cm³/mol. The van der Waals surface area contributed by atoms with Gasteiger partial charge >= 0.3 is 0 Å². The second-order valence-corrected chi connectivity index (χ2v) is 6.35. The first-order chi connectivity index (χ1) is 12.2. The summed E-state index contributed by atoms with van der Waals surface area (Å²) in [5.41, 5.74) is 0.394. The number of hydrogen-bond acceptors (Lipinski definition) is 2. The highest BCUT2D eigenvalue weighted by Gasteiger charge is 2.25. The van der Waals surface area contributed by atoms with Gasteiger partial charge in [0.15, 0.2) is 23.5 Å². The molecule has 2 N–H and O–H groups in total. The molecule has 2 aromatic carbocycles. The van der Waals surface area contributed by atoms with E-state index in [2.05, 4.69) is 5.32 Å². The standard InChI is InChI=1S/C18H18ClF3N2O2/c1-10(18(25)23-14-6-5-13(20)16(21)17(14)22)24(2)9-11-8-12(19)4-7-15(11)26-3/h4-8,10H,9H2,1-3H3,(H,23,25)/p+1/t10-/m1/s1. The fourth-order valence-electron chi connectivity index (χ4n) is 2.43. The van der Waals surface area contributed by atoms with Crippen LogP contribution < -0.4 is 15.0 Å². The molecule has 8 heteroatoms. The summed E-state index contributed by atoms with van der Waals surface area (Å²) in [7, 11) is 3.30. The van der Waals surface area contributed by atoms with E-state index in [1.165, 1.54) is 7.11 Å². The molecule has 4 nitrogen and oxygen atoms in total. The summed E-state index contributed by atoms with van der Waals surface area (Å²) in [5.74, 6) is -4.27. The smallest absolute Gasteiger partial charge is 0.282 e. The van der Waals surface area contributed by atoms with Crippen molar-refractivity contribution in [1.82, 2.24) is 0 Å². The van der Waals surface area contributed by atoms with Gasteiger partial charge in [0.1, 0.15) is 12.3 Å². The first-order valence-electron chi connectivity index (χ1n) is 7.83. The molecular formula is C18H19ClF3N2O2+. The van der Waals surface area contributed by atoms with Crippen molar-refractivity contribution in [2.24, 2.45) is 0 Å². The number of quaternary nitrogens is 1. The van der Waals surface area contributed by atoms with Gasteiger partial charge in [-0.2, -0.15) is 0 Å². The molecule has 0 aliphatic heterocycles. The van der Waals surface area contributed by atoms with Gasteiger partial charge in [0.25, 0.3) is 5.91 Å². The Morgan fingerprint density at radius 2 is 1.92 bits per heavy atom. The van der Waals surface area contributed by atoms with Crippen LogP contribution in [0.5, 0.6) is 5.75 Å². The summed E-state index contributed by atoms with van der Waals surface area (Å²) in [6, 6.07) is 6.29. The first-order valence-corrected chi connectivity index (χ1v) is 8.21. The number of hydrogen-bond donors (Lipinski definition) is 2. The average Bonchev–Trinajstić information content (AvgIpc) is 2.61. The number of carbonyl (C=O) groups excluding carboxylic acids is 1. The lowest BCUT2D eigenvalue weighted by Gasteiger charge is -2.22. The maximum absolute atomic E-state index is 13.7. The number of anilines is 1. The molecule has 0 saturated heterocycles. The van der Waals surface area contributed by atoms with Crippen molar-refractivity contribution >= 4 is 23.2 Å². The third kappa shape index (κ3) is 4.47. The number of benzene rings is 2. The SMILES string of the molecule is COc1ccc(Cl)cc1C[NH+](C)[C@H](C)C(=O)Nc1ccc(F)c(F)c1F. The van der Waals surface area contributed by atoms with Gasteiger partial charge in [-0.15, -0.1) is 0 Å². The number of amides is 1.